The molecular weight excluding hydrogens is 226 g/mol. The predicted octanol–water partition coefficient (Wildman–Crippen LogP) is 4.61. The molecule has 1 N–H and O–H groups in total. The van der Waals surface area contributed by atoms with Crippen molar-refractivity contribution in [2.75, 3.05) is 0 Å². The van der Waals surface area contributed by atoms with Gasteiger partial charge in [-0.1, -0.05) is 26.7 Å². The Morgan fingerprint density at radius 3 is 2.65 bits per heavy atom. The molecule has 1 nitrogen and oxygen atoms in total. The number of rotatable bonds is 4. The van der Waals surface area contributed by atoms with Gasteiger partial charge in [0, 0.05) is 12.1 Å². The van der Waals surface area contributed by atoms with Crippen LogP contribution in [0.25, 0.3) is 0 Å². The summed E-state index contributed by atoms with van der Waals surface area (Å²) in [5.41, 5.74) is 1.45. The Balaban J connectivity index is 1.96. The van der Waals surface area contributed by atoms with E-state index in [1.54, 1.807) is 11.3 Å². The lowest BCUT2D eigenvalue weighted by Gasteiger charge is -2.36. The standard InChI is InChI=1S/C15H25NS/c1-11(2)14-6-4-5-7-15(14)16-12(3)13-8-9-17-10-13/h8-12,14-16H,4-7H2,1-3H3. The Hall–Kier alpha value is -0.340. The van der Waals surface area contributed by atoms with Gasteiger partial charge in [0.15, 0.2) is 0 Å². The molecule has 1 aliphatic carbocycles. The molecule has 2 rings (SSSR count). The highest BCUT2D eigenvalue weighted by atomic mass is 32.1. The minimum atomic E-state index is 0.505. The van der Waals surface area contributed by atoms with E-state index in [4.69, 9.17) is 0 Å². The first kappa shape index (κ1) is 13.1. The van der Waals surface area contributed by atoms with Gasteiger partial charge in [-0.2, -0.15) is 11.3 Å². The Morgan fingerprint density at radius 1 is 1.24 bits per heavy atom. The normalized spacial score (nSPS) is 27.3. The molecule has 0 radical (unpaired) electrons. The topological polar surface area (TPSA) is 12.0 Å². The van der Waals surface area contributed by atoms with Crippen molar-refractivity contribution >= 4 is 11.3 Å². The number of hydrogen-bond acceptors (Lipinski definition) is 2. The summed E-state index contributed by atoms with van der Waals surface area (Å²) in [6, 6.07) is 3.47. The Labute approximate surface area is 110 Å². The van der Waals surface area contributed by atoms with E-state index in [1.807, 2.05) is 0 Å². The van der Waals surface area contributed by atoms with E-state index < -0.39 is 0 Å². The average molecular weight is 251 g/mol. The lowest BCUT2D eigenvalue weighted by molar-refractivity contribution is 0.195. The summed E-state index contributed by atoms with van der Waals surface area (Å²) in [4.78, 5) is 0. The molecule has 1 fully saturated rings. The fourth-order valence-electron chi connectivity index (χ4n) is 3.10. The second-order valence-corrected chi connectivity index (χ2v) is 6.52. The monoisotopic (exact) mass is 251 g/mol. The van der Waals surface area contributed by atoms with Crippen LogP contribution in [0.4, 0.5) is 0 Å². The summed E-state index contributed by atoms with van der Waals surface area (Å²) in [6.07, 6.45) is 5.59. The smallest absolute Gasteiger partial charge is 0.0302 e. The highest BCUT2D eigenvalue weighted by Crippen LogP contribution is 2.31. The van der Waals surface area contributed by atoms with Crippen LogP contribution in [0.3, 0.4) is 0 Å². The molecule has 1 aliphatic rings. The molecule has 0 amide bonds. The molecule has 17 heavy (non-hydrogen) atoms. The minimum absolute atomic E-state index is 0.505. The lowest BCUT2D eigenvalue weighted by Crippen LogP contribution is -2.41. The summed E-state index contributed by atoms with van der Waals surface area (Å²) in [6.45, 7) is 7.05. The second-order valence-electron chi connectivity index (χ2n) is 5.74. The van der Waals surface area contributed by atoms with Crippen LogP contribution in [0.2, 0.25) is 0 Å². The van der Waals surface area contributed by atoms with Crippen molar-refractivity contribution in [3.63, 3.8) is 0 Å². The largest absolute Gasteiger partial charge is 0.307 e. The predicted molar refractivity (Wildman–Crippen MR) is 76.5 cm³/mol. The fourth-order valence-corrected chi connectivity index (χ4v) is 3.86. The number of thiophene rings is 1. The van der Waals surface area contributed by atoms with Crippen LogP contribution < -0.4 is 5.32 Å². The molecule has 0 bridgehead atoms. The molecule has 0 aliphatic heterocycles. The van der Waals surface area contributed by atoms with Crippen LogP contribution >= 0.6 is 11.3 Å². The van der Waals surface area contributed by atoms with Gasteiger partial charge >= 0.3 is 0 Å². The molecular formula is C15H25NS. The van der Waals surface area contributed by atoms with Crippen molar-refractivity contribution in [2.45, 2.75) is 58.5 Å². The van der Waals surface area contributed by atoms with E-state index in [-0.39, 0.29) is 0 Å². The van der Waals surface area contributed by atoms with Gasteiger partial charge in [-0.25, -0.2) is 0 Å². The number of nitrogens with one attached hydrogen (secondary N) is 1. The Morgan fingerprint density at radius 2 is 2.00 bits per heavy atom. The third kappa shape index (κ3) is 3.32. The molecule has 1 aromatic heterocycles. The van der Waals surface area contributed by atoms with Crippen LogP contribution in [0.5, 0.6) is 0 Å². The van der Waals surface area contributed by atoms with Crippen molar-refractivity contribution in [3.05, 3.63) is 22.4 Å². The first-order valence-corrected chi connectivity index (χ1v) is 7.91. The minimum Gasteiger partial charge on any atom is -0.307 e. The second kappa shape index (κ2) is 6.01. The van der Waals surface area contributed by atoms with E-state index >= 15 is 0 Å². The molecule has 0 saturated heterocycles. The molecule has 2 heteroatoms. The highest BCUT2D eigenvalue weighted by molar-refractivity contribution is 7.07. The molecule has 3 unspecified atom stereocenters. The maximum atomic E-state index is 3.86. The summed E-state index contributed by atoms with van der Waals surface area (Å²) in [5, 5.41) is 8.30. The first-order valence-electron chi connectivity index (χ1n) is 6.96. The third-order valence-corrected chi connectivity index (χ3v) is 4.88. The molecule has 1 aromatic rings. The summed E-state index contributed by atoms with van der Waals surface area (Å²) in [7, 11) is 0. The van der Waals surface area contributed by atoms with E-state index in [0.717, 1.165) is 17.9 Å². The highest BCUT2D eigenvalue weighted by Gasteiger charge is 2.28. The van der Waals surface area contributed by atoms with Crippen LogP contribution in [0, 0.1) is 11.8 Å². The quantitative estimate of drug-likeness (QED) is 0.823. The zero-order valence-corrected chi connectivity index (χ0v) is 12.1. The van der Waals surface area contributed by atoms with Gasteiger partial charge in [0.25, 0.3) is 0 Å². The first-order chi connectivity index (χ1) is 8.18. The van der Waals surface area contributed by atoms with Crippen molar-refractivity contribution in [1.82, 2.24) is 5.32 Å². The van der Waals surface area contributed by atoms with Crippen LogP contribution in [-0.2, 0) is 0 Å². The van der Waals surface area contributed by atoms with Crippen molar-refractivity contribution < 1.29 is 0 Å². The Bertz CT molecular complexity index is 318. The van der Waals surface area contributed by atoms with E-state index in [0.29, 0.717) is 6.04 Å². The van der Waals surface area contributed by atoms with Crippen molar-refractivity contribution in [3.8, 4) is 0 Å². The summed E-state index contributed by atoms with van der Waals surface area (Å²) >= 11 is 1.80. The number of hydrogen-bond donors (Lipinski definition) is 1. The maximum Gasteiger partial charge on any atom is 0.0302 e. The van der Waals surface area contributed by atoms with Gasteiger partial charge < -0.3 is 5.32 Å². The van der Waals surface area contributed by atoms with Gasteiger partial charge in [-0.05, 0) is 54.0 Å². The van der Waals surface area contributed by atoms with E-state index in [9.17, 15) is 0 Å². The van der Waals surface area contributed by atoms with Gasteiger partial charge in [0.05, 0.1) is 0 Å². The zero-order chi connectivity index (χ0) is 12.3. The lowest BCUT2D eigenvalue weighted by atomic mass is 9.77. The zero-order valence-electron chi connectivity index (χ0n) is 11.3. The summed E-state index contributed by atoms with van der Waals surface area (Å²) < 4.78 is 0. The SMILES string of the molecule is CC(NC1CCCCC1C(C)C)c1ccsc1. The molecule has 0 spiro atoms. The van der Waals surface area contributed by atoms with Crippen LogP contribution in [0.15, 0.2) is 16.8 Å². The Kier molecular flexibility index (Phi) is 4.63. The maximum absolute atomic E-state index is 3.86. The molecule has 96 valence electrons. The fraction of sp³-hybridized carbons (Fsp3) is 0.733. The molecule has 3 atom stereocenters. The molecule has 0 aromatic carbocycles. The van der Waals surface area contributed by atoms with Crippen molar-refractivity contribution in [1.29, 1.82) is 0 Å². The van der Waals surface area contributed by atoms with Crippen LogP contribution in [0.1, 0.15) is 58.1 Å². The van der Waals surface area contributed by atoms with Gasteiger partial charge in [0.1, 0.15) is 0 Å². The van der Waals surface area contributed by atoms with Gasteiger partial charge in [-0.3, -0.25) is 0 Å². The van der Waals surface area contributed by atoms with Gasteiger partial charge in [0.2, 0.25) is 0 Å². The van der Waals surface area contributed by atoms with Crippen LogP contribution in [-0.4, -0.2) is 6.04 Å². The van der Waals surface area contributed by atoms with Crippen molar-refractivity contribution in [2.24, 2.45) is 11.8 Å². The van der Waals surface area contributed by atoms with Gasteiger partial charge in [-0.15, -0.1) is 0 Å². The third-order valence-electron chi connectivity index (χ3n) is 4.18. The average Bonchev–Trinajstić information content (AvgIpc) is 2.83. The van der Waals surface area contributed by atoms with E-state index in [2.05, 4.69) is 42.9 Å². The molecule has 1 heterocycles. The van der Waals surface area contributed by atoms with E-state index in [1.165, 1.54) is 31.2 Å². The molecule has 1 saturated carbocycles. The summed E-state index contributed by atoms with van der Waals surface area (Å²) in [5.74, 6) is 1.67.